The molecule has 0 aliphatic carbocycles. The van der Waals surface area contributed by atoms with Gasteiger partial charge in [-0.05, 0) is 42.3 Å². The molecule has 1 amide bonds. The zero-order valence-electron chi connectivity index (χ0n) is 15.2. The van der Waals surface area contributed by atoms with Gasteiger partial charge in [-0.2, -0.15) is 0 Å². The van der Waals surface area contributed by atoms with E-state index in [2.05, 4.69) is 0 Å². The predicted molar refractivity (Wildman–Crippen MR) is 104 cm³/mol. The Bertz CT molecular complexity index is 1080. The first-order chi connectivity index (χ1) is 13.6. The number of hydrogen-bond acceptors (Lipinski definition) is 6. The van der Waals surface area contributed by atoms with Crippen molar-refractivity contribution in [1.82, 2.24) is 9.47 Å². The second-order valence-corrected chi connectivity index (χ2v) is 7.47. The number of aliphatic hydroxyl groups is 5. The molecular formula is C20H19ClN2O6. The summed E-state index contributed by atoms with van der Waals surface area (Å²) in [5, 5.41) is 50.6. The van der Waals surface area contributed by atoms with E-state index < -0.39 is 11.9 Å². The Balaban J connectivity index is 1.81. The van der Waals surface area contributed by atoms with E-state index in [4.69, 9.17) is 11.6 Å². The number of benzene rings is 2. The van der Waals surface area contributed by atoms with Crippen molar-refractivity contribution in [1.29, 1.82) is 0 Å². The molecule has 1 aromatic heterocycles. The lowest BCUT2D eigenvalue weighted by Gasteiger charge is -2.35. The van der Waals surface area contributed by atoms with Crippen LogP contribution < -0.4 is 0 Å². The first-order valence-electron chi connectivity index (χ1n) is 8.89. The molecule has 5 N–H and O–H groups in total. The van der Waals surface area contributed by atoms with Crippen molar-refractivity contribution < 1.29 is 30.3 Å². The number of rotatable bonds is 3. The van der Waals surface area contributed by atoms with Crippen LogP contribution in [-0.4, -0.2) is 53.4 Å². The molecule has 0 spiro atoms. The number of halogens is 1. The number of aromatic nitrogens is 1. The Kier molecular flexibility index (Phi) is 4.66. The van der Waals surface area contributed by atoms with Crippen molar-refractivity contribution in [2.24, 2.45) is 0 Å². The van der Waals surface area contributed by atoms with Crippen LogP contribution in [0.4, 0.5) is 0 Å². The minimum Gasteiger partial charge on any atom is -0.342 e. The van der Waals surface area contributed by atoms with Gasteiger partial charge in [-0.25, -0.2) is 0 Å². The van der Waals surface area contributed by atoms with E-state index in [1.54, 1.807) is 48.5 Å². The fourth-order valence-corrected chi connectivity index (χ4v) is 3.89. The Hall–Kier alpha value is -2.46. The molecule has 0 saturated carbocycles. The molecule has 1 aliphatic heterocycles. The van der Waals surface area contributed by atoms with Crippen LogP contribution in [0.5, 0.6) is 0 Å². The fourth-order valence-electron chi connectivity index (χ4n) is 3.77. The molecule has 152 valence electrons. The smallest absolute Gasteiger partial charge is 0.342 e. The highest BCUT2D eigenvalue weighted by Crippen LogP contribution is 2.36. The molecule has 4 rings (SSSR count). The lowest BCUT2D eigenvalue weighted by molar-refractivity contribution is -0.480. The number of hydrogen-bond donors (Lipinski definition) is 5. The van der Waals surface area contributed by atoms with Crippen LogP contribution >= 0.6 is 11.6 Å². The molecule has 2 aromatic carbocycles. The maximum Gasteiger partial charge on any atom is 0.355 e. The summed E-state index contributed by atoms with van der Waals surface area (Å²) >= 11 is 5.87. The quantitative estimate of drug-likeness (QED) is 0.399. The molecule has 0 fully saturated rings. The van der Waals surface area contributed by atoms with Gasteiger partial charge in [-0.3, -0.25) is 9.36 Å². The molecule has 0 radical (unpaired) electrons. The van der Waals surface area contributed by atoms with Crippen molar-refractivity contribution >= 4 is 28.4 Å². The summed E-state index contributed by atoms with van der Waals surface area (Å²) < 4.78 is 0.846. The van der Waals surface area contributed by atoms with Gasteiger partial charge in [0.1, 0.15) is 0 Å². The van der Waals surface area contributed by atoms with Gasteiger partial charge >= 0.3 is 11.9 Å². The number of nitrogens with zero attached hydrogens (tertiary/aromatic N) is 2. The monoisotopic (exact) mass is 418 g/mol. The third-order valence-corrected chi connectivity index (χ3v) is 5.45. The van der Waals surface area contributed by atoms with Gasteiger partial charge in [-0.1, -0.05) is 29.8 Å². The summed E-state index contributed by atoms with van der Waals surface area (Å²) in [6.07, 6.45) is 0.410. The van der Waals surface area contributed by atoms with Crippen LogP contribution in [0.3, 0.4) is 0 Å². The molecule has 0 unspecified atom stereocenters. The van der Waals surface area contributed by atoms with Gasteiger partial charge in [0.2, 0.25) is 0 Å². The first-order valence-corrected chi connectivity index (χ1v) is 9.27. The maximum absolute atomic E-state index is 12.9. The van der Waals surface area contributed by atoms with E-state index in [0.29, 0.717) is 28.9 Å². The van der Waals surface area contributed by atoms with Gasteiger partial charge in [0, 0.05) is 28.2 Å². The van der Waals surface area contributed by atoms with Crippen molar-refractivity contribution in [3.8, 4) is 0 Å². The summed E-state index contributed by atoms with van der Waals surface area (Å²) in [6.45, 7) is 0.360. The Morgan fingerprint density at radius 2 is 1.62 bits per heavy atom. The van der Waals surface area contributed by atoms with Crippen LogP contribution in [0.1, 0.15) is 21.6 Å². The Morgan fingerprint density at radius 1 is 0.966 bits per heavy atom. The van der Waals surface area contributed by atoms with Gasteiger partial charge in [0.05, 0.1) is 12.1 Å². The van der Waals surface area contributed by atoms with Crippen LogP contribution in [0, 0.1) is 0 Å². The summed E-state index contributed by atoms with van der Waals surface area (Å²) in [5.74, 6) is -7.55. The average Bonchev–Trinajstić information content (AvgIpc) is 3.01. The molecule has 0 bridgehead atoms. The standard InChI is InChI=1S/C20H19ClN2O6/c21-13-7-5-12(6-8-13)18(24)22-10-9-15-14-3-1-2-4-16(14)23(17(15)11-22)19(25,26)20(27,28)29/h1-8,25-29H,9-11H2. The number of carbonyl (C=O) groups excluding carboxylic acids is 1. The first kappa shape index (κ1) is 19.8. The van der Waals surface area contributed by atoms with Crippen molar-refractivity contribution in [3.05, 3.63) is 70.4 Å². The zero-order valence-corrected chi connectivity index (χ0v) is 15.9. The van der Waals surface area contributed by atoms with Crippen LogP contribution in [0.2, 0.25) is 5.02 Å². The molecule has 3 aromatic rings. The summed E-state index contributed by atoms with van der Waals surface area (Å²) in [5.41, 5.74) is 1.72. The maximum atomic E-state index is 12.9. The summed E-state index contributed by atoms with van der Waals surface area (Å²) in [7, 11) is 0. The van der Waals surface area contributed by atoms with E-state index in [0.717, 1.165) is 10.1 Å². The number of amides is 1. The second-order valence-electron chi connectivity index (χ2n) is 7.03. The molecule has 1 aliphatic rings. The summed E-state index contributed by atoms with van der Waals surface area (Å²) in [6, 6.07) is 13.1. The van der Waals surface area contributed by atoms with Crippen LogP contribution in [-0.2, 0) is 18.9 Å². The van der Waals surface area contributed by atoms with Crippen molar-refractivity contribution in [3.63, 3.8) is 0 Å². The minimum absolute atomic E-state index is 0.0234. The van der Waals surface area contributed by atoms with Gasteiger partial charge < -0.3 is 30.4 Å². The zero-order chi connectivity index (χ0) is 21.0. The third-order valence-electron chi connectivity index (χ3n) is 5.20. The molecule has 29 heavy (non-hydrogen) atoms. The molecule has 0 atom stereocenters. The lowest BCUT2D eigenvalue weighted by atomic mass is 10.0. The van der Waals surface area contributed by atoms with Gasteiger partial charge in [-0.15, -0.1) is 0 Å². The third kappa shape index (κ3) is 3.20. The van der Waals surface area contributed by atoms with E-state index in [1.165, 1.54) is 4.90 Å². The average molecular weight is 419 g/mol. The SMILES string of the molecule is O=C(c1ccc(Cl)cc1)N1CCc2c(n(C(O)(O)C(O)(O)O)c3ccccc23)C1. The largest absolute Gasteiger partial charge is 0.355 e. The van der Waals surface area contributed by atoms with Crippen LogP contribution in [0.15, 0.2) is 48.5 Å². The Morgan fingerprint density at radius 3 is 2.28 bits per heavy atom. The molecule has 8 nitrogen and oxygen atoms in total. The van der Waals surface area contributed by atoms with Gasteiger partial charge in [0.25, 0.3) is 5.91 Å². The highest BCUT2D eigenvalue weighted by atomic mass is 35.5. The number of carbonyl (C=O) groups is 1. The fraction of sp³-hybridized carbons (Fsp3) is 0.250. The van der Waals surface area contributed by atoms with Gasteiger partial charge in [0.15, 0.2) is 0 Å². The molecule has 2 heterocycles. The van der Waals surface area contributed by atoms with E-state index >= 15 is 0 Å². The van der Waals surface area contributed by atoms with E-state index in [-0.39, 0.29) is 23.7 Å². The molecule has 9 heteroatoms. The lowest BCUT2D eigenvalue weighted by Crippen LogP contribution is -2.56. The second kappa shape index (κ2) is 6.81. The Labute approximate surface area is 170 Å². The van der Waals surface area contributed by atoms with E-state index in [9.17, 15) is 30.3 Å². The van der Waals surface area contributed by atoms with Crippen molar-refractivity contribution in [2.75, 3.05) is 6.54 Å². The molecular weight excluding hydrogens is 400 g/mol. The minimum atomic E-state index is -3.83. The highest BCUT2D eigenvalue weighted by molar-refractivity contribution is 6.30. The topological polar surface area (TPSA) is 126 Å². The van der Waals surface area contributed by atoms with Crippen molar-refractivity contribution in [2.45, 2.75) is 24.8 Å². The molecule has 0 saturated heterocycles. The van der Waals surface area contributed by atoms with E-state index in [1.807, 2.05) is 0 Å². The normalized spacial score (nSPS) is 14.9. The summed E-state index contributed by atoms with van der Waals surface area (Å²) in [4.78, 5) is 14.4. The number of para-hydroxylation sites is 1. The number of fused-ring (bicyclic) bond motifs is 3. The highest BCUT2D eigenvalue weighted by Gasteiger charge is 2.51. The predicted octanol–water partition coefficient (Wildman–Crippen LogP) is 0.719. The van der Waals surface area contributed by atoms with Crippen LogP contribution in [0.25, 0.3) is 10.9 Å².